The van der Waals surface area contributed by atoms with Crippen LogP contribution in [0.25, 0.3) is 0 Å². The summed E-state index contributed by atoms with van der Waals surface area (Å²) < 4.78 is 33.2. The van der Waals surface area contributed by atoms with E-state index in [1.165, 1.54) is 11.4 Å². The van der Waals surface area contributed by atoms with Crippen LogP contribution in [0.4, 0.5) is 0 Å². The van der Waals surface area contributed by atoms with Gasteiger partial charge in [-0.25, -0.2) is 0 Å². The summed E-state index contributed by atoms with van der Waals surface area (Å²) in [5.74, 6) is -0.724. The summed E-state index contributed by atoms with van der Waals surface area (Å²) in [6, 6.07) is -0.831. The van der Waals surface area contributed by atoms with Crippen LogP contribution in [0.1, 0.15) is 46.0 Å². The first-order valence-electron chi connectivity index (χ1n) is 7.12. The van der Waals surface area contributed by atoms with Crippen molar-refractivity contribution in [3.05, 3.63) is 0 Å². The molecule has 0 aromatic carbocycles. The SMILES string of the molecule is COC(=O)C(NS(=O)(=O)N(C)C1CCCCC1)C(C)C. The predicted octanol–water partition coefficient (Wildman–Crippen LogP) is 1.28. The van der Waals surface area contributed by atoms with Gasteiger partial charge in [0.2, 0.25) is 0 Å². The Morgan fingerprint density at radius 2 is 1.80 bits per heavy atom. The summed E-state index contributed by atoms with van der Waals surface area (Å²) >= 11 is 0. The van der Waals surface area contributed by atoms with Gasteiger partial charge >= 0.3 is 5.97 Å². The van der Waals surface area contributed by atoms with Crippen LogP contribution in [0, 0.1) is 5.92 Å². The van der Waals surface area contributed by atoms with Gasteiger partial charge in [-0.05, 0) is 18.8 Å². The van der Waals surface area contributed by atoms with Crippen molar-refractivity contribution in [2.75, 3.05) is 14.2 Å². The van der Waals surface area contributed by atoms with E-state index in [9.17, 15) is 13.2 Å². The molecule has 0 radical (unpaired) electrons. The highest BCUT2D eigenvalue weighted by molar-refractivity contribution is 7.87. The number of carbonyl (C=O) groups excluding carboxylic acids is 1. The van der Waals surface area contributed by atoms with Crippen molar-refractivity contribution in [1.82, 2.24) is 9.03 Å². The molecule has 1 aliphatic carbocycles. The van der Waals surface area contributed by atoms with Crippen molar-refractivity contribution in [3.63, 3.8) is 0 Å². The molecule has 0 aromatic heterocycles. The fourth-order valence-corrected chi connectivity index (χ4v) is 3.93. The van der Waals surface area contributed by atoms with Gasteiger partial charge in [0.15, 0.2) is 0 Å². The van der Waals surface area contributed by atoms with Crippen molar-refractivity contribution >= 4 is 16.2 Å². The van der Waals surface area contributed by atoms with E-state index < -0.39 is 22.2 Å². The molecule has 1 unspecified atom stereocenters. The molecule has 0 heterocycles. The number of methoxy groups -OCH3 is 1. The molecule has 0 aliphatic heterocycles. The zero-order valence-corrected chi connectivity index (χ0v) is 13.6. The van der Waals surface area contributed by atoms with Crippen molar-refractivity contribution in [1.29, 1.82) is 0 Å². The molecule has 118 valence electrons. The normalized spacial score (nSPS) is 19.3. The number of hydrogen-bond acceptors (Lipinski definition) is 4. The maximum atomic E-state index is 12.4. The van der Waals surface area contributed by atoms with Crippen molar-refractivity contribution in [2.24, 2.45) is 5.92 Å². The van der Waals surface area contributed by atoms with Crippen molar-refractivity contribution in [2.45, 2.75) is 58.0 Å². The Hall–Kier alpha value is -0.660. The minimum atomic E-state index is -3.68. The Morgan fingerprint density at radius 1 is 1.25 bits per heavy atom. The molecule has 0 bridgehead atoms. The predicted molar refractivity (Wildman–Crippen MR) is 77.3 cm³/mol. The number of ether oxygens (including phenoxy) is 1. The third kappa shape index (κ3) is 4.43. The van der Waals surface area contributed by atoms with Crippen LogP contribution in [-0.4, -0.2) is 44.9 Å². The van der Waals surface area contributed by atoms with Crippen LogP contribution < -0.4 is 4.72 Å². The lowest BCUT2D eigenvalue weighted by atomic mass is 9.96. The van der Waals surface area contributed by atoms with Gasteiger partial charge in [0.1, 0.15) is 6.04 Å². The Bertz CT molecular complexity index is 416. The molecule has 0 saturated heterocycles. The molecule has 1 saturated carbocycles. The van der Waals surface area contributed by atoms with Crippen LogP contribution in [-0.2, 0) is 19.7 Å². The van der Waals surface area contributed by atoms with E-state index in [2.05, 4.69) is 9.46 Å². The molecule has 6 nitrogen and oxygen atoms in total. The highest BCUT2D eigenvalue weighted by Crippen LogP contribution is 2.23. The Balaban J connectivity index is 2.78. The molecule has 1 N–H and O–H groups in total. The lowest BCUT2D eigenvalue weighted by Gasteiger charge is -2.32. The molecule has 0 amide bonds. The van der Waals surface area contributed by atoms with Crippen molar-refractivity contribution < 1.29 is 17.9 Å². The number of nitrogens with zero attached hydrogens (tertiary/aromatic N) is 1. The average Bonchev–Trinajstić information content (AvgIpc) is 2.43. The maximum Gasteiger partial charge on any atom is 0.324 e. The Labute approximate surface area is 122 Å². The van der Waals surface area contributed by atoms with Gasteiger partial charge in [-0.2, -0.15) is 17.4 Å². The van der Waals surface area contributed by atoms with E-state index in [1.807, 2.05) is 0 Å². The van der Waals surface area contributed by atoms with E-state index in [-0.39, 0.29) is 12.0 Å². The van der Waals surface area contributed by atoms with Gasteiger partial charge in [0.25, 0.3) is 10.2 Å². The standard InChI is InChI=1S/C13H26N2O4S/c1-10(2)12(13(16)19-4)14-20(17,18)15(3)11-8-6-5-7-9-11/h10-12,14H,5-9H2,1-4H3. The van der Waals surface area contributed by atoms with E-state index in [0.717, 1.165) is 32.1 Å². The average molecular weight is 306 g/mol. The third-order valence-electron chi connectivity index (χ3n) is 3.87. The van der Waals surface area contributed by atoms with Crippen LogP contribution in [0.2, 0.25) is 0 Å². The maximum absolute atomic E-state index is 12.4. The van der Waals surface area contributed by atoms with Gasteiger partial charge in [0, 0.05) is 13.1 Å². The second-order valence-electron chi connectivity index (χ2n) is 5.68. The number of carbonyl (C=O) groups is 1. The van der Waals surface area contributed by atoms with Gasteiger partial charge in [0.05, 0.1) is 7.11 Å². The van der Waals surface area contributed by atoms with E-state index in [1.54, 1.807) is 20.9 Å². The third-order valence-corrected chi connectivity index (χ3v) is 5.47. The molecular formula is C13H26N2O4S. The first-order chi connectivity index (χ1) is 9.29. The summed E-state index contributed by atoms with van der Waals surface area (Å²) in [5, 5.41) is 0. The second kappa shape index (κ2) is 7.38. The highest BCUT2D eigenvalue weighted by atomic mass is 32.2. The van der Waals surface area contributed by atoms with Crippen LogP contribution in [0.5, 0.6) is 0 Å². The number of esters is 1. The summed E-state index contributed by atoms with van der Waals surface area (Å²) in [5.41, 5.74) is 0. The highest BCUT2D eigenvalue weighted by Gasteiger charge is 2.33. The zero-order valence-electron chi connectivity index (χ0n) is 12.8. The van der Waals surface area contributed by atoms with E-state index >= 15 is 0 Å². The van der Waals surface area contributed by atoms with Gasteiger partial charge in [-0.3, -0.25) is 4.79 Å². The molecule has 1 fully saturated rings. The first-order valence-corrected chi connectivity index (χ1v) is 8.56. The molecule has 7 heteroatoms. The lowest BCUT2D eigenvalue weighted by Crippen LogP contribution is -2.52. The smallest absolute Gasteiger partial charge is 0.324 e. The summed E-state index contributed by atoms with van der Waals surface area (Å²) in [7, 11) is -0.840. The number of rotatable bonds is 6. The van der Waals surface area contributed by atoms with Gasteiger partial charge < -0.3 is 4.74 Å². The summed E-state index contributed by atoms with van der Waals surface area (Å²) in [6.07, 6.45) is 5.02. The fraction of sp³-hybridized carbons (Fsp3) is 0.923. The fourth-order valence-electron chi connectivity index (χ4n) is 2.47. The molecular weight excluding hydrogens is 280 g/mol. The number of nitrogens with one attached hydrogen (secondary N) is 1. The zero-order chi connectivity index (χ0) is 15.3. The summed E-state index contributed by atoms with van der Waals surface area (Å²) in [4.78, 5) is 11.7. The molecule has 20 heavy (non-hydrogen) atoms. The van der Waals surface area contributed by atoms with Crippen molar-refractivity contribution in [3.8, 4) is 0 Å². The monoisotopic (exact) mass is 306 g/mol. The molecule has 1 atom stereocenters. The van der Waals surface area contributed by atoms with Crippen LogP contribution in [0.15, 0.2) is 0 Å². The van der Waals surface area contributed by atoms with Crippen LogP contribution in [0.3, 0.4) is 0 Å². The lowest BCUT2D eigenvalue weighted by molar-refractivity contribution is -0.143. The molecule has 0 spiro atoms. The largest absolute Gasteiger partial charge is 0.468 e. The van der Waals surface area contributed by atoms with Gasteiger partial charge in [-0.15, -0.1) is 0 Å². The molecule has 1 rings (SSSR count). The second-order valence-corrected chi connectivity index (χ2v) is 7.44. The minimum Gasteiger partial charge on any atom is -0.468 e. The van der Waals surface area contributed by atoms with E-state index in [0.29, 0.717) is 0 Å². The minimum absolute atomic E-state index is 0.0201. The topological polar surface area (TPSA) is 75.7 Å². The summed E-state index contributed by atoms with van der Waals surface area (Å²) in [6.45, 7) is 3.56. The first kappa shape index (κ1) is 17.4. The van der Waals surface area contributed by atoms with Crippen LogP contribution >= 0.6 is 0 Å². The van der Waals surface area contributed by atoms with E-state index in [4.69, 9.17) is 0 Å². The molecule has 0 aromatic rings. The molecule has 1 aliphatic rings. The quantitative estimate of drug-likeness (QED) is 0.750. The van der Waals surface area contributed by atoms with Gasteiger partial charge in [-0.1, -0.05) is 33.1 Å². The Kier molecular flexibility index (Phi) is 6.42. The number of hydrogen-bond donors (Lipinski definition) is 1. The Morgan fingerprint density at radius 3 is 2.25 bits per heavy atom.